The van der Waals surface area contributed by atoms with Crippen molar-refractivity contribution in [3.63, 3.8) is 0 Å². The number of guanidine groups is 1. The summed E-state index contributed by atoms with van der Waals surface area (Å²) in [5, 5.41) is 11.5. The molecule has 0 bridgehead atoms. The first kappa shape index (κ1) is 24.1. The van der Waals surface area contributed by atoms with Crippen molar-refractivity contribution in [2.75, 3.05) is 33.4 Å². The number of sulfonamides is 1. The van der Waals surface area contributed by atoms with Crippen molar-refractivity contribution in [1.82, 2.24) is 10.6 Å². The number of benzene rings is 1. The predicted octanol–water partition coefficient (Wildman–Crippen LogP) is 1.20. The Hall–Kier alpha value is -0.950. The Labute approximate surface area is 178 Å². The minimum absolute atomic E-state index is 0. The summed E-state index contributed by atoms with van der Waals surface area (Å²) in [6, 6.07) is 6.52. The molecule has 27 heavy (non-hydrogen) atoms. The number of aliphatic imine (C=N–C) groups is 1. The molecule has 4 N–H and O–H groups in total. The maximum Gasteiger partial charge on any atom is 0.238 e. The molecule has 10 heteroatoms. The number of rotatable bonds is 9. The number of hydrogen-bond donors (Lipinski definition) is 3. The van der Waals surface area contributed by atoms with Crippen LogP contribution in [0.2, 0.25) is 0 Å². The summed E-state index contributed by atoms with van der Waals surface area (Å²) in [6.07, 6.45) is 3.32. The molecule has 1 unspecified atom stereocenters. The molecule has 1 fully saturated rings. The molecule has 1 aliphatic rings. The summed E-state index contributed by atoms with van der Waals surface area (Å²) >= 11 is 0. The maximum absolute atomic E-state index is 11.4. The van der Waals surface area contributed by atoms with Crippen LogP contribution >= 0.6 is 24.0 Å². The smallest absolute Gasteiger partial charge is 0.238 e. The highest BCUT2D eigenvalue weighted by Crippen LogP contribution is 2.12. The molecule has 1 heterocycles. The van der Waals surface area contributed by atoms with Crippen LogP contribution < -0.4 is 15.8 Å². The van der Waals surface area contributed by atoms with Crippen molar-refractivity contribution in [3.8, 4) is 0 Å². The molecule has 0 radical (unpaired) electrons. The molecule has 1 aromatic rings. The quantitative estimate of drug-likeness (QED) is 0.198. The van der Waals surface area contributed by atoms with Crippen LogP contribution in [0.3, 0.4) is 0 Å². The van der Waals surface area contributed by atoms with Gasteiger partial charge in [0.15, 0.2) is 5.96 Å². The molecule has 8 nitrogen and oxygen atoms in total. The van der Waals surface area contributed by atoms with Crippen molar-refractivity contribution in [2.45, 2.75) is 36.8 Å². The van der Waals surface area contributed by atoms with Crippen LogP contribution in [0.15, 0.2) is 34.2 Å². The lowest BCUT2D eigenvalue weighted by molar-refractivity contribution is 0.0168. The molecule has 1 atom stereocenters. The first-order valence-electron chi connectivity index (χ1n) is 8.74. The van der Waals surface area contributed by atoms with Gasteiger partial charge in [-0.15, -0.1) is 24.0 Å². The minimum Gasteiger partial charge on any atom is -0.379 e. The third-order valence-corrected chi connectivity index (χ3v) is 4.91. The van der Waals surface area contributed by atoms with Crippen LogP contribution in [0.4, 0.5) is 0 Å². The summed E-state index contributed by atoms with van der Waals surface area (Å²) in [4.78, 5) is 4.25. The van der Waals surface area contributed by atoms with Gasteiger partial charge in [0, 0.05) is 33.4 Å². The number of primary sulfonamides is 1. The van der Waals surface area contributed by atoms with Gasteiger partial charge in [-0.25, -0.2) is 13.6 Å². The highest BCUT2D eigenvalue weighted by molar-refractivity contribution is 14.0. The van der Waals surface area contributed by atoms with Crippen LogP contribution in [-0.2, 0) is 26.0 Å². The number of hydrogen-bond acceptors (Lipinski definition) is 5. The fourth-order valence-corrected chi connectivity index (χ4v) is 3.19. The van der Waals surface area contributed by atoms with E-state index >= 15 is 0 Å². The minimum atomic E-state index is -3.70. The van der Waals surface area contributed by atoms with E-state index in [1.807, 2.05) is 6.07 Å². The van der Waals surface area contributed by atoms with Gasteiger partial charge in [0.2, 0.25) is 10.0 Å². The molecular weight excluding hydrogens is 483 g/mol. The summed E-state index contributed by atoms with van der Waals surface area (Å²) in [7, 11) is -2.01. The van der Waals surface area contributed by atoms with E-state index in [-0.39, 0.29) is 35.0 Å². The Kier molecular flexibility index (Phi) is 11.1. The van der Waals surface area contributed by atoms with E-state index in [0.717, 1.165) is 38.0 Å². The van der Waals surface area contributed by atoms with Gasteiger partial charge in [0.05, 0.1) is 17.6 Å². The van der Waals surface area contributed by atoms with Gasteiger partial charge in [0.1, 0.15) is 0 Å². The fourth-order valence-electron chi connectivity index (χ4n) is 2.61. The number of ether oxygens (including phenoxy) is 2. The van der Waals surface area contributed by atoms with Crippen molar-refractivity contribution < 1.29 is 17.9 Å². The second-order valence-electron chi connectivity index (χ2n) is 6.11. The van der Waals surface area contributed by atoms with E-state index in [9.17, 15) is 8.42 Å². The van der Waals surface area contributed by atoms with Gasteiger partial charge in [-0.05, 0) is 37.0 Å². The van der Waals surface area contributed by atoms with E-state index in [1.54, 1.807) is 19.2 Å². The van der Waals surface area contributed by atoms with Crippen LogP contribution in [0, 0.1) is 0 Å². The van der Waals surface area contributed by atoms with Crippen LogP contribution in [0.5, 0.6) is 0 Å². The molecular formula is C17H29IN4O4S. The summed E-state index contributed by atoms with van der Waals surface area (Å²) in [6.45, 7) is 3.34. The highest BCUT2D eigenvalue weighted by atomic mass is 127. The first-order chi connectivity index (χ1) is 12.5. The third-order valence-electron chi connectivity index (χ3n) is 4.00. The maximum atomic E-state index is 11.4. The number of halogens is 1. The molecule has 0 amide bonds. The Balaban J connectivity index is 0.00000364. The largest absolute Gasteiger partial charge is 0.379 e. The Bertz CT molecular complexity index is 694. The Morgan fingerprint density at radius 1 is 1.41 bits per heavy atom. The average molecular weight is 512 g/mol. The topological polar surface area (TPSA) is 115 Å². The van der Waals surface area contributed by atoms with Crippen LogP contribution in [0.25, 0.3) is 0 Å². The van der Waals surface area contributed by atoms with Crippen LogP contribution in [-0.4, -0.2) is 53.9 Å². The normalized spacial score (nSPS) is 17.4. The number of nitrogens with two attached hydrogens (primary N) is 1. The van der Waals surface area contributed by atoms with E-state index in [4.69, 9.17) is 14.6 Å². The van der Waals surface area contributed by atoms with Gasteiger partial charge in [-0.1, -0.05) is 12.1 Å². The lowest BCUT2D eigenvalue weighted by Gasteiger charge is -2.13. The van der Waals surface area contributed by atoms with E-state index in [0.29, 0.717) is 25.7 Å². The molecule has 2 rings (SSSR count). The van der Waals surface area contributed by atoms with E-state index in [2.05, 4.69) is 15.6 Å². The SMILES string of the molecule is CN=C(NCCCOCC1CCCO1)NCc1cccc(S(N)(=O)=O)c1.I. The standard InChI is InChI=1S/C17H28N4O4S.HI/c1-19-17(20-8-4-9-24-13-15-6-3-10-25-15)21-12-14-5-2-7-16(11-14)26(18,22)23;/h2,5,7,11,15H,3-4,6,8-10,12-13H2,1H3,(H2,18,22,23)(H2,19,20,21);1H. The number of nitrogens with one attached hydrogen (secondary N) is 2. The Morgan fingerprint density at radius 2 is 2.22 bits per heavy atom. The molecule has 1 saturated heterocycles. The van der Waals surface area contributed by atoms with Gasteiger partial charge in [-0.3, -0.25) is 4.99 Å². The monoisotopic (exact) mass is 512 g/mol. The lowest BCUT2D eigenvalue weighted by atomic mass is 10.2. The molecule has 0 spiro atoms. The first-order valence-corrected chi connectivity index (χ1v) is 10.3. The van der Waals surface area contributed by atoms with Crippen molar-refractivity contribution in [1.29, 1.82) is 0 Å². The van der Waals surface area contributed by atoms with Crippen molar-refractivity contribution in [2.24, 2.45) is 10.1 Å². The molecule has 1 aromatic carbocycles. The molecule has 0 aliphatic carbocycles. The summed E-state index contributed by atoms with van der Waals surface area (Å²) < 4.78 is 33.9. The zero-order chi connectivity index (χ0) is 18.8. The van der Waals surface area contributed by atoms with E-state index in [1.165, 1.54) is 6.07 Å². The third kappa shape index (κ3) is 9.19. The average Bonchev–Trinajstić information content (AvgIpc) is 3.13. The van der Waals surface area contributed by atoms with Gasteiger partial charge in [0.25, 0.3) is 0 Å². The zero-order valence-corrected chi connectivity index (χ0v) is 18.7. The van der Waals surface area contributed by atoms with Crippen molar-refractivity contribution >= 4 is 40.0 Å². The van der Waals surface area contributed by atoms with Crippen molar-refractivity contribution in [3.05, 3.63) is 29.8 Å². The van der Waals surface area contributed by atoms with Gasteiger partial charge < -0.3 is 20.1 Å². The number of nitrogens with zero attached hydrogens (tertiary/aromatic N) is 1. The molecule has 0 aromatic heterocycles. The lowest BCUT2D eigenvalue weighted by Crippen LogP contribution is -2.37. The predicted molar refractivity (Wildman–Crippen MR) is 116 cm³/mol. The summed E-state index contributed by atoms with van der Waals surface area (Å²) in [5.74, 6) is 0.644. The molecule has 1 aliphatic heterocycles. The van der Waals surface area contributed by atoms with Gasteiger partial charge in [-0.2, -0.15) is 0 Å². The highest BCUT2D eigenvalue weighted by Gasteiger charge is 2.14. The van der Waals surface area contributed by atoms with Gasteiger partial charge >= 0.3 is 0 Å². The van der Waals surface area contributed by atoms with Crippen LogP contribution in [0.1, 0.15) is 24.8 Å². The second kappa shape index (κ2) is 12.5. The van der Waals surface area contributed by atoms with E-state index < -0.39 is 10.0 Å². The zero-order valence-electron chi connectivity index (χ0n) is 15.5. The molecule has 0 saturated carbocycles. The Morgan fingerprint density at radius 3 is 2.89 bits per heavy atom. The second-order valence-corrected chi connectivity index (χ2v) is 7.67. The molecule has 154 valence electrons. The fraction of sp³-hybridized carbons (Fsp3) is 0.588. The summed E-state index contributed by atoms with van der Waals surface area (Å²) in [5.41, 5.74) is 0.805.